The quantitative estimate of drug-likeness (QED) is 0.785. The average Bonchev–Trinajstić information content (AvgIpc) is 3.16. The first-order chi connectivity index (χ1) is 13.5. The first-order valence-corrected chi connectivity index (χ1v) is 11.9. The van der Waals surface area contributed by atoms with E-state index in [0.717, 1.165) is 30.8 Å². The molecule has 150 valence electrons. The highest BCUT2D eigenvalue weighted by Crippen LogP contribution is 2.57. The lowest BCUT2D eigenvalue weighted by molar-refractivity contribution is -0.0964. The normalized spacial score (nSPS) is 36.4. The van der Waals surface area contributed by atoms with Crippen LogP contribution in [0.15, 0.2) is 27.7 Å². The zero-order chi connectivity index (χ0) is 18.9. The molecule has 4 saturated carbocycles. The number of sulfonamides is 1. The van der Waals surface area contributed by atoms with Gasteiger partial charge in [-0.1, -0.05) is 6.07 Å². The lowest BCUT2D eigenvalue weighted by Crippen LogP contribution is -2.64. The van der Waals surface area contributed by atoms with Gasteiger partial charge in [0.25, 0.3) is 0 Å². The largest absolute Gasteiger partial charge is 0.295 e. The predicted octanol–water partition coefficient (Wildman–Crippen LogP) is 2.50. The summed E-state index contributed by atoms with van der Waals surface area (Å²) in [6, 6.07) is 5.02. The lowest BCUT2D eigenvalue weighted by Gasteiger charge is -2.61. The second kappa shape index (κ2) is 6.00. The van der Waals surface area contributed by atoms with E-state index < -0.39 is 10.0 Å². The SMILES string of the molecule is O=S(=O)(c1cccc2nonc12)N1CCN(C23CC4CC(CC(C4)C2)C3)CC1. The smallest absolute Gasteiger partial charge is 0.245 e. The molecular formula is C20H26N4O3S. The van der Waals surface area contributed by atoms with Gasteiger partial charge in [-0.15, -0.1) is 0 Å². The van der Waals surface area contributed by atoms with Crippen LogP contribution in [0.4, 0.5) is 0 Å². The Kier molecular flexibility index (Phi) is 3.72. The molecule has 1 aliphatic heterocycles. The molecular weight excluding hydrogens is 376 g/mol. The van der Waals surface area contributed by atoms with Gasteiger partial charge in [-0.25, -0.2) is 13.0 Å². The van der Waals surface area contributed by atoms with Crippen LogP contribution >= 0.6 is 0 Å². The molecule has 0 spiro atoms. The van der Waals surface area contributed by atoms with E-state index in [4.69, 9.17) is 4.63 Å². The fourth-order valence-corrected chi connectivity index (χ4v) is 8.54. The molecule has 7 rings (SSSR count). The third kappa shape index (κ3) is 2.50. The van der Waals surface area contributed by atoms with E-state index in [1.807, 2.05) is 0 Å². The fraction of sp³-hybridized carbons (Fsp3) is 0.700. The first-order valence-electron chi connectivity index (χ1n) is 10.5. The van der Waals surface area contributed by atoms with Crippen molar-refractivity contribution in [3.8, 4) is 0 Å². The molecule has 0 N–H and O–H groups in total. The van der Waals surface area contributed by atoms with Gasteiger partial charge in [0, 0.05) is 31.7 Å². The summed E-state index contributed by atoms with van der Waals surface area (Å²) in [4.78, 5) is 2.84. The summed E-state index contributed by atoms with van der Waals surface area (Å²) >= 11 is 0. The maximum atomic E-state index is 13.3. The van der Waals surface area contributed by atoms with E-state index in [1.165, 1.54) is 38.5 Å². The molecule has 1 saturated heterocycles. The Morgan fingerprint density at radius 1 is 0.929 bits per heavy atom. The molecule has 2 aromatic rings. The van der Waals surface area contributed by atoms with E-state index in [9.17, 15) is 8.42 Å². The van der Waals surface area contributed by atoms with Crippen LogP contribution in [0, 0.1) is 17.8 Å². The standard InChI is InChI=1S/C20H26N4O3S/c25-28(26,18-3-1-2-17-19(18)22-27-21-17)24-6-4-23(5-7-24)20-11-14-8-15(12-20)10-16(9-14)13-20/h1-3,14-16H,4-13H2. The molecule has 1 aromatic heterocycles. The van der Waals surface area contributed by atoms with Gasteiger partial charge in [0.15, 0.2) is 5.52 Å². The average molecular weight is 403 g/mol. The van der Waals surface area contributed by atoms with Gasteiger partial charge < -0.3 is 0 Å². The van der Waals surface area contributed by atoms with Crippen molar-refractivity contribution >= 4 is 21.1 Å². The molecule has 4 bridgehead atoms. The summed E-state index contributed by atoms with van der Waals surface area (Å²) in [5.74, 6) is 2.72. The molecule has 5 aliphatic rings. The molecule has 8 heteroatoms. The third-order valence-corrected chi connectivity index (χ3v) is 9.71. The molecule has 0 amide bonds. The molecule has 0 unspecified atom stereocenters. The summed E-state index contributed by atoms with van der Waals surface area (Å²) in [5.41, 5.74) is 1.15. The molecule has 1 aromatic carbocycles. The van der Waals surface area contributed by atoms with Crippen LogP contribution in [0.25, 0.3) is 11.0 Å². The van der Waals surface area contributed by atoms with Crippen molar-refractivity contribution in [3.63, 3.8) is 0 Å². The second-order valence-electron chi connectivity index (χ2n) is 9.42. The van der Waals surface area contributed by atoms with Crippen molar-refractivity contribution in [3.05, 3.63) is 18.2 Å². The minimum Gasteiger partial charge on any atom is -0.295 e. The first kappa shape index (κ1) is 17.4. The van der Waals surface area contributed by atoms with Crippen LogP contribution in [0.5, 0.6) is 0 Å². The van der Waals surface area contributed by atoms with Crippen LogP contribution < -0.4 is 0 Å². The monoisotopic (exact) mass is 402 g/mol. The maximum Gasteiger partial charge on any atom is 0.245 e. The molecule has 5 fully saturated rings. The van der Waals surface area contributed by atoms with Crippen molar-refractivity contribution in [1.29, 1.82) is 0 Å². The van der Waals surface area contributed by atoms with Crippen LogP contribution in [0.3, 0.4) is 0 Å². The molecule has 4 aliphatic carbocycles. The zero-order valence-electron chi connectivity index (χ0n) is 16.0. The highest BCUT2D eigenvalue weighted by molar-refractivity contribution is 7.89. The van der Waals surface area contributed by atoms with E-state index in [-0.39, 0.29) is 4.90 Å². The van der Waals surface area contributed by atoms with Gasteiger partial charge >= 0.3 is 0 Å². The minimum atomic E-state index is -3.59. The number of benzene rings is 1. The van der Waals surface area contributed by atoms with Gasteiger partial charge in [0.2, 0.25) is 10.0 Å². The van der Waals surface area contributed by atoms with Crippen LogP contribution in [-0.2, 0) is 10.0 Å². The minimum absolute atomic E-state index is 0.203. The molecule has 28 heavy (non-hydrogen) atoms. The number of hydrogen-bond acceptors (Lipinski definition) is 6. The Morgan fingerprint density at radius 3 is 2.21 bits per heavy atom. The maximum absolute atomic E-state index is 13.3. The van der Waals surface area contributed by atoms with Crippen molar-refractivity contribution < 1.29 is 13.0 Å². The van der Waals surface area contributed by atoms with Crippen molar-refractivity contribution in [2.75, 3.05) is 26.2 Å². The van der Waals surface area contributed by atoms with E-state index in [0.29, 0.717) is 29.7 Å². The summed E-state index contributed by atoms with van der Waals surface area (Å²) in [7, 11) is -3.59. The van der Waals surface area contributed by atoms with Gasteiger partial charge in [0.05, 0.1) is 0 Å². The van der Waals surface area contributed by atoms with Crippen molar-refractivity contribution in [1.82, 2.24) is 19.5 Å². The number of piperazine rings is 1. The van der Waals surface area contributed by atoms with Gasteiger partial charge in [0.1, 0.15) is 10.4 Å². The molecule has 2 heterocycles. The number of hydrogen-bond donors (Lipinski definition) is 0. The van der Waals surface area contributed by atoms with Crippen LogP contribution in [0.1, 0.15) is 38.5 Å². The Bertz CT molecular complexity index is 974. The predicted molar refractivity (Wildman–Crippen MR) is 103 cm³/mol. The Hall–Kier alpha value is -1.51. The summed E-state index contributed by atoms with van der Waals surface area (Å²) in [6.07, 6.45) is 8.29. The number of aromatic nitrogens is 2. The van der Waals surface area contributed by atoms with Crippen molar-refractivity contribution in [2.24, 2.45) is 17.8 Å². The highest BCUT2D eigenvalue weighted by Gasteiger charge is 2.54. The van der Waals surface area contributed by atoms with Crippen LogP contribution in [0.2, 0.25) is 0 Å². The van der Waals surface area contributed by atoms with Crippen molar-refractivity contribution in [2.45, 2.75) is 49.0 Å². The van der Waals surface area contributed by atoms with Gasteiger partial charge in [-0.2, -0.15) is 4.31 Å². The summed E-state index contributed by atoms with van der Waals surface area (Å²) in [5, 5.41) is 7.60. The topological polar surface area (TPSA) is 79.5 Å². The zero-order valence-corrected chi connectivity index (χ0v) is 16.8. The lowest BCUT2D eigenvalue weighted by atomic mass is 9.52. The molecule has 7 nitrogen and oxygen atoms in total. The van der Waals surface area contributed by atoms with Crippen LogP contribution in [-0.4, -0.2) is 59.7 Å². The fourth-order valence-electron chi connectivity index (χ4n) is 6.98. The summed E-state index contributed by atoms with van der Waals surface area (Å²) < 4.78 is 32.9. The highest BCUT2D eigenvalue weighted by atomic mass is 32.2. The second-order valence-corrected chi connectivity index (χ2v) is 11.3. The molecule has 0 radical (unpaired) electrons. The van der Waals surface area contributed by atoms with E-state index >= 15 is 0 Å². The third-order valence-electron chi connectivity index (χ3n) is 7.78. The molecule has 0 atom stereocenters. The van der Waals surface area contributed by atoms with E-state index in [2.05, 4.69) is 15.2 Å². The van der Waals surface area contributed by atoms with Gasteiger partial charge in [-0.3, -0.25) is 4.90 Å². The number of fused-ring (bicyclic) bond motifs is 1. The number of nitrogens with zero attached hydrogens (tertiary/aromatic N) is 4. The Labute approximate surface area is 165 Å². The van der Waals surface area contributed by atoms with Gasteiger partial charge in [-0.05, 0) is 78.7 Å². The van der Waals surface area contributed by atoms with E-state index in [1.54, 1.807) is 22.5 Å². The Morgan fingerprint density at radius 2 is 1.57 bits per heavy atom. The Balaban J connectivity index is 1.23. The summed E-state index contributed by atoms with van der Waals surface area (Å²) in [6.45, 7) is 2.76. The number of rotatable bonds is 3.